The summed E-state index contributed by atoms with van der Waals surface area (Å²) in [4.78, 5) is 0. The van der Waals surface area contributed by atoms with Gasteiger partial charge >= 0.3 is 0 Å². The molecule has 0 aliphatic rings. The molecule has 0 saturated heterocycles. The quantitative estimate of drug-likeness (QED) is 0.783. The summed E-state index contributed by atoms with van der Waals surface area (Å²) in [6.07, 6.45) is 0. The smallest absolute Gasteiger partial charge is 0.196 e. The van der Waals surface area contributed by atoms with Gasteiger partial charge in [0.1, 0.15) is 6.07 Å². The number of nitriles is 1. The second-order valence-corrected chi connectivity index (χ2v) is 10.2. The van der Waals surface area contributed by atoms with Gasteiger partial charge in [-0.05, 0) is 19.6 Å². The molecule has 0 heterocycles. The Morgan fingerprint density at radius 2 is 1.25 bits per heavy atom. The summed E-state index contributed by atoms with van der Waals surface area (Å²) < 4.78 is 6.32. The van der Waals surface area contributed by atoms with Crippen LogP contribution in [0, 0.1) is 11.3 Å². The molecule has 0 amide bonds. The zero-order valence-corrected chi connectivity index (χ0v) is 13.1. The Morgan fingerprint density at radius 3 is 1.55 bits per heavy atom. The summed E-state index contributed by atoms with van der Waals surface area (Å²) in [6.45, 7) is 6.31. The molecule has 0 saturated carbocycles. The molecule has 20 heavy (non-hydrogen) atoms. The molecule has 0 unspecified atom stereocenters. The van der Waals surface area contributed by atoms with E-state index in [9.17, 15) is 5.26 Å². The van der Waals surface area contributed by atoms with E-state index in [0.29, 0.717) is 0 Å². The summed E-state index contributed by atoms with van der Waals surface area (Å²) in [5, 5.41) is 9.89. The van der Waals surface area contributed by atoms with Gasteiger partial charge in [-0.2, -0.15) is 5.26 Å². The van der Waals surface area contributed by atoms with E-state index in [4.69, 9.17) is 4.43 Å². The molecule has 0 aliphatic carbocycles. The van der Waals surface area contributed by atoms with Crippen molar-refractivity contribution < 1.29 is 4.43 Å². The van der Waals surface area contributed by atoms with E-state index in [-0.39, 0.29) is 0 Å². The van der Waals surface area contributed by atoms with Crippen LogP contribution in [-0.2, 0) is 10.0 Å². The SMILES string of the molecule is C[Si](C)(C)OC(C#N)(c1ccccc1)c1ccccc1. The molecule has 0 bridgehead atoms. The van der Waals surface area contributed by atoms with Gasteiger partial charge in [-0.1, -0.05) is 60.7 Å². The van der Waals surface area contributed by atoms with Crippen molar-refractivity contribution in [3.05, 3.63) is 71.8 Å². The van der Waals surface area contributed by atoms with Crippen molar-refractivity contribution in [2.75, 3.05) is 0 Å². The van der Waals surface area contributed by atoms with Gasteiger partial charge in [-0.25, -0.2) is 0 Å². The third-order valence-electron chi connectivity index (χ3n) is 2.98. The van der Waals surface area contributed by atoms with Crippen molar-refractivity contribution in [2.45, 2.75) is 25.2 Å². The first-order valence-corrected chi connectivity index (χ1v) is 10.1. The number of benzene rings is 2. The fraction of sp³-hybridized carbons (Fsp3) is 0.235. The van der Waals surface area contributed by atoms with Crippen LogP contribution >= 0.6 is 0 Å². The molecular formula is C17H19NOSi. The Morgan fingerprint density at radius 1 is 0.850 bits per heavy atom. The highest BCUT2D eigenvalue weighted by Crippen LogP contribution is 2.35. The van der Waals surface area contributed by atoms with Crippen LogP contribution in [0.4, 0.5) is 0 Å². The average molecular weight is 281 g/mol. The standard InChI is InChI=1S/C17H19NOSi/c1-20(2,3)19-17(14-18,15-10-6-4-7-11-15)16-12-8-5-9-13-16/h4-13H,1-3H3. The van der Waals surface area contributed by atoms with E-state index in [1.165, 1.54) is 0 Å². The van der Waals surface area contributed by atoms with Crippen molar-refractivity contribution in [3.63, 3.8) is 0 Å². The third kappa shape index (κ3) is 2.98. The number of nitrogens with zero attached hydrogens (tertiary/aromatic N) is 1. The highest BCUT2D eigenvalue weighted by molar-refractivity contribution is 6.69. The lowest BCUT2D eigenvalue weighted by atomic mass is 9.88. The predicted molar refractivity (Wildman–Crippen MR) is 83.7 cm³/mol. The molecule has 2 aromatic carbocycles. The first-order chi connectivity index (χ1) is 9.48. The third-order valence-corrected chi connectivity index (χ3v) is 3.90. The average Bonchev–Trinajstić information content (AvgIpc) is 2.46. The fourth-order valence-corrected chi connectivity index (χ4v) is 3.44. The molecule has 0 N–H and O–H groups in total. The molecule has 0 fully saturated rings. The molecule has 0 radical (unpaired) electrons. The summed E-state index contributed by atoms with van der Waals surface area (Å²) in [5.41, 5.74) is 0.750. The van der Waals surface area contributed by atoms with Crippen LogP contribution in [0.25, 0.3) is 0 Å². The van der Waals surface area contributed by atoms with Gasteiger partial charge in [-0.3, -0.25) is 0 Å². The van der Waals surface area contributed by atoms with E-state index >= 15 is 0 Å². The van der Waals surface area contributed by atoms with Gasteiger partial charge in [0.15, 0.2) is 13.9 Å². The summed E-state index contributed by atoms with van der Waals surface area (Å²) >= 11 is 0. The van der Waals surface area contributed by atoms with Gasteiger partial charge in [-0.15, -0.1) is 0 Å². The first kappa shape index (κ1) is 14.5. The maximum atomic E-state index is 9.89. The lowest BCUT2D eigenvalue weighted by molar-refractivity contribution is 0.164. The van der Waals surface area contributed by atoms with Gasteiger partial charge in [0, 0.05) is 11.1 Å². The van der Waals surface area contributed by atoms with Crippen LogP contribution in [0.15, 0.2) is 60.7 Å². The molecule has 0 spiro atoms. The monoisotopic (exact) mass is 281 g/mol. The molecule has 2 rings (SSSR count). The Labute approximate surface area is 121 Å². The van der Waals surface area contributed by atoms with Gasteiger partial charge in [0.2, 0.25) is 0 Å². The molecule has 0 atom stereocenters. The molecule has 2 aromatic rings. The van der Waals surface area contributed by atoms with Crippen LogP contribution in [-0.4, -0.2) is 8.32 Å². The molecule has 0 aromatic heterocycles. The largest absolute Gasteiger partial charge is 0.393 e. The summed E-state index contributed by atoms with van der Waals surface area (Å²) in [7, 11) is -1.90. The fourth-order valence-electron chi connectivity index (χ4n) is 2.24. The minimum absolute atomic E-state index is 0.885. The minimum atomic E-state index is -1.90. The molecular weight excluding hydrogens is 262 g/mol. The second-order valence-electron chi connectivity index (χ2n) is 5.74. The number of rotatable bonds is 4. The number of hydrogen-bond donors (Lipinski definition) is 0. The zero-order chi connectivity index (χ0) is 14.6. The van der Waals surface area contributed by atoms with Gasteiger partial charge < -0.3 is 4.43 Å². The van der Waals surface area contributed by atoms with Gasteiger partial charge in [0.05, 0.1) is 0 Å². The predicted octanol–water partition coefficient (Wildman–Crippen LogP) is 4.31. The first-order valence-electron chi connectivity index (χ1n) is 6.70. The number of hydrogen-bond acceptors (Lipinski definition) is 2. The van der Waals surface area contributed by atoms with Crippen LogP contribution in [0.5, 0.6) is 0 Å². The summed E-state index contributed by atoms with van der Waals surface area (Å²) in [6, 6.07) is 21.9. The van der Waals surface area contributed by atoms with Crippen LogP contribution in [0.3, 0.4) is 0 Å². The van der Waals surface area contributed by atoms with Crippen LogP contribution < -0.4 is 0 Å². The lowest BCUT2D eigenvalue weighted by Crippen LogP contribution is -2.40. The maximum Gasteiger partial charge on any atom is 0.196 e. The lowest BCUT2D eigenvalue weighted by Gasteiger charge is -2.34. The van der Waals surface area contributed by atoms with Crippen LogP contribution in [0.2, 0.25) is 19.6 Å². The summed E-state index contributed by atoms with van der Waals surface area (Å²) in [5.74, 6) is 0. The zero-order valence-electron chi connectivity index (χ0n) is 12.1. The highest BCUT2D eigenvalue weighted by atomic mass is 28.4. The Balaban J connectivity index is 2.63. The van der Waals surface area contributed by atoms with E-state index in [2.05, 4.69) is 25.7 Å². The van der Waals surface area contributed by atoms with E-state index < -0.39 is 13.9 Å². The van der Waals surface area contributed by atoms with Gasteiger partial charge in [0.25, 0.3) is 0 Å². The van der Waals surface area contributed by atoms with Crippen molar-refractivity contribution in [1.29, 1.82) is 5.26 Å². The maximum absolute atomic E-state index is 9.89. The van der Waals surface area contributed by atoms with Crippen molar-refractivity contribution in [1.82, 2.24) is 0 Å². The van der Waals surface area contributed by atoms with Crippen LogP contribution in [0.1, 0.15) is 11.1 Å². The highest BCUT2D eigenvalue weighted by Gasteiger charge is 2.39. The molecule has 102 valence electrons. The van der Waals surface area contributed by atoms with E-state index in [1.807, 2.05) is 60.7 Å². The van der Waals surface area contributed by atoms with E-state index in [0.717, 1.165) is 11.1 Å². The van der Waals surface area contributed by atoms with Crippen molar-refractivity contribution in [3.8, 4) is 6.07 Å². The molecule has 3 heteroatoms. The molecule has 2 nitrogen and oxygen atoms in total. The second kappa shape index (κ2) is 5.62. The van der Waals surface area contributed by atoms with Crippen molar-refractivity contribution in [2.24, 2.45) is 0 Å². The minimum Gasteiger partial charge on any atom is -0.393 e. The topological polar surface area (TPSA) is 33.0 Å². The Kier molecular flexibility index (Phi) is 4.08. The molecule has 0 aliphatic heterocycles. The van der Waals surface area contributed by atoms with E-state index in [1.54, 1.807) is 0 Å². The van der Waals surface area contributed by atoms with Crippen molar-refractivity contribution >= 4 is 8.32 Å². The Hall–Kier alpha value is -1.89. The Bertz CT molecular complexity index is 557. The normalized spacial score (nSPS) is 11.9.